The quantitative estimate of drug-likeness (QED) is 0.351. The van der Waals surface area contributed by atoms with Gasteiger partial charge in [-0.15, -0.1) is 0 Å². The first-order chi connectivity index (χ1) is 6.29. The SMILES string of the molecule is O=P([O-])([O-])OP(=O)([O-])SCCC1CC1.[Na+].[Na+].[Na+]. The number of phosphoric acid groups is 1. The van der Waals surface area contributed by atoms with Crippen LogP contribution >= 0.6 is 26.0 Å². The van der Waals surface area contributed by atoms with Gasteiger partial charge in [0.1, 0.15) is 0 Å². The summed E-state index contributed by atoms with van der Waals surface area (Å²) in [6.07, 6.45) is 2.89. The molecule has 0 N–H and O–H groups in total. The molecule has 84 valence electrons. The van der Waals surface area contributed by atoms with Gasteiger partial charge in [-0.25, -0.2) is 0 Å². The van der Waals surface area contributed by atoms with Crippen LogP contribution in [0, 0.1) is 5.92 Å². The second kappa shape index (κ2) is 11.2. The average Bonchev–Trinajstić information content (AvgIpc) is 2.64. The van der Waals surface area contributed by atoms with Gasteiger partial charge >= 0.3 is 88.7 Å². The van der Waals surface area contributed by atoms with Gasteiger partial charge in [-0.3, -0.25) is 8.88 Å². The van der Waals surface area contributed by atoms with Crippen LogP contribution < -0.4 is 103 Å². The molecule has 1 fully saturated rings. The largest absolute Gasteiger partial charge is 1.00 e. The molecule has 1 aliphatic carbocycles. The topological polar surface area (TPSA) is 113 Å². The van der Waals surface area contributed by atoms with E-state index in [0.29, 0.717) is 23.7 Å². The summed E-state index contributed by atoms with van der Waals surface area (Å²) < 4.78 is 24.3. The second-order valence-electron chi connectivity index (χ2n) is 3.04. The van der Waals surface area contributed by atoms with Crippen molar-refractivity contribution in [3.8, 4) is 0 Å². The Kier molecular flexibility index (Phi) is 16.9. The summed E-state index contributed by atoms with van der Waals surface area (Å²) in [5.41, 5.74) is 0. The standard InChI is InChI=1S/C5H12O6P2S.3Na/c6-12(7,8)11-13(9,10)14-4-3-5-1-2-5;;;/h5H,1-4H2,(H,9,10)(H2,6,7,8);;;/q;3*+1/p-3. The van der Waals surface area contributed by atoms with E-state index < -0.39 is 14.6 Å². The first-order valence-electron chi connectivity index (χ1n) is 3.97. The Morgan fingerprint density at radius 3 is 1.94 bits per heavy atom. The molecule has 17 heavy (non-hydrogen) atoms. The zero-order valence-corrected chi connectivity index (χ0v) is 18.8. The van der Waals surface area contributed by atoms with Gasteiger partial charge in [0.05, 0.1) is 7.82 Å². The van der Waals surface area contributed by atoms with E-state index in [1.165, 1.54) is 0 Å². The number of rotatable bonds is 6. The third kappa shape index (κ3) is 15.9. The van der Waals surface area contributed by atoms with Gasteiger partial charge in [0, 0.05) is 5.75 Å². The first-order valence-corrected chi connectivity index (χ1v) is 8.57. The Bertz CT molecular complexity index is 295. The van der Waals surface area contributed by atoms with Gasteiger partial charge in [0.15, 0.2) is 6.80 Å². The molecule has 0 aromatic carbocycles. The van der Waals surface area contributed by atoms with Crippen LogP contribution in [-0.4, -0.2) is 5.75 Å². The molecule has 1 unspecified atom stereocenters. The van der Waals surface area contributed by atoms with Crippen LogP contribution in [0.5, 0.6) is 0 Å². The average molecular weight is 328 g/mol. The molecule has 0 heterocycles. The van der Waals surface area contributed by atoms with E-state index in [0.717, 1.165) is 12.8 Å². The first kappa shape index (κ1) is 25.6. The van der Waals surface area contributed by atoms with Crippen molar-refractivity contribution in [2.45, 2.75) is 19.3 Å². The smallest absolute Gasteiger partial charge is 0.790 e. The molecule has 0 bridgehead atoms. The van der Waals surface area contributed by atoms with Crippen molar-refractivity contribution < 1.29 is 117 Å². The van der Waals surface area contributed by atoms with Gasteiger partial charge in [-0.05, 0) is 12.3 Å². The minimum Gasteiger partial charge on any atom is -0.790 e. The summed E-state index contributed by atoms with van der Waals surface area (Å²) in [4.78, 5) is 30.9. The molecule has 0 radical (unpaired) electrons. The van der Waals surface area contributed by atoms with Crippen LogP contribution in [0.3, 0.4) is 0 Å². The van der Waals surface area contributed by atoms with Gasteiger partial charge < -0.3 is 19.2 Å². The predicted octanol–water partition coefficient (Wildman–Crippen LogP) is -9.15. The Balaban J connectivity index is -0.000000653. The summed E-state index contributed by atoms with van der Waals surface area (Å²) in [5.74, 6) is 0.819. The minimum atomic E-state index is -5.43. The summed E-state index contributed by atoms with van der Waals surface area (Å²) in [5, 5.41) is 0. The van der Waals surface area contributed by atoms with E-state index in [-0.39, 0.29) is 94.4 Å². The maximum atomic E-state index is 10.8. The monoisotopic (exact) mass is 328 g/mol. The Labute approximate surface area is 171 Å². The molecule has 0 spiro atoms. The normalized spacial score (nSPS) is 18.1. The van der Waals surface area contributed by atoms with Crippen LogP contribution in [-0.2, 0) is 13.4 Å². The molecule has 0 aromatic heterocycles. The van der Waals surface area contributed by atoms with Crippen molar-refractivity contribution in [2.75, 3.05) is 5.75 Å². The number of hydrogen-bond acceptors (Lipinski definition) is 7. The Morgan fingerprint density at radius 2 is 1.59 bits per heavy atom. The zero-order chi connectivity index (χ0) is 10.8. The van der Waals surface area contributed by atoms with Crippen molar-refractivity contribution in [1.29, 1.82) is 0 Å². The summed E-state index contributed by atoms with van der Waals surface area (Å²) >= 11 is 0.379. The summed E-state index contributed by atoms with van der Waals surface area (Å²) in [7, 11) is -5.43. The van der Waals surface area contributed by atoms with Gasteiger partial charge in [0.2, 0.25) is 0 Å². The van der Waals surface area contributed by atoms with Crippen LogP contribution in [0.1, 0.15) is 19.3 Å². The van der Waals surface area contributed by atoms with Crippen molar-refractivity contribution in [3.63, 3.8) is 0 Å². The van der Waals surface area contributed by atoms with E-state index in [1.54, 1.807) is 0 Å². The molecule has 0 amide bonds. The number of hydrogen-bond donors (Lipinski definition) is 0. The molecule has 1 saturated carbocycles. The minimum absolute atomic E-state index is 0. The molecular weight excluding hydrogens is 319 g/mol. The molecule has 0 saturated heterocycles. The van der Waals surface area contributed by atoms with E-state index >= 15 is 0 Å². The Hall–Kier alpha value is 3.65. The van der Waals surface area contributed by atoms with E-state index in [1.807, 2.05) is 0 Å². The molecule has 6 nitrogen and oxygen atoms in total. The van der Waals surface area contributed by atoms with E-state index in [4.69, 9.17) is 0 Å². The fraction of sp³-hybridized carbons (Fsp3) is 1.00. The van der Waals surface area contributed by atoms with Gasteiger partial charge in [0.25, 0.3) is 0 Å². The summed E-state index contributed by atoms with van der Waals surface area (Å²) in [6, 6.07) is 0. The second-order valence-corrected chi connectivity index (χ2v) is 8.27. The van der Waals surface area contributed by atoms with Crippen LogP contribution in [0.15, 0.2) is 0 Å². The molecular formula is C5H9Na3O6P2S. The van der Waals surface area contributed by atoms with Crippen molar-refractivity contribution in [2.24, 2.45) is 5.92 Å². The maximum absolute atomic E-state index is 10.8. The van der Waals surface area contributed by atoms with Crippen molar-refractivity contribution >= 4 is 26.0 Å². The molecule has 12 heteroatoms. The van der Waals surface area contributed by atoms with Crippen LogP contribution in [0.4, 0.5) is 0 Å². The molecule has 1 aliphatic rings. The summed E-state index contributed by atoms with van der Waals surface area (Å²) in [6.45, 7) is -4.56. The molecule has 1 atom stereocenters. The Morgan fingerprint density at radius 1 is 1.12 bits per heavy atom. The fourth-order valence-corrected chi connectivity index (χ4v) is 4.86. The molecule has 1 rings (SSSR count). The van der Waals surface area contributed by atoms with Gasteiger partial charge in [-0.1, -0.05) is 24.2 Å². The van der Waals surface area contributed by atoms with E-state index in [2.05, 4.69) is 4.31 Å². The third-order valence-corrected chi connectivity index (χ3v) is 6.10. The van der Waals surface area contributed by atoms with Crippen molar-refractivity contribution in [1.82, 2.24) is 0 Å². The van der Waals surface area contributed by atoms with Crippen molar-refractivity contribution in [3.05, 3.63) is 0 Å². The molecule has 0 aromatic rings. The van der Waals surface area contributed by atoms with Crippen LogP contribution in [0.25, 0.3) is 0 Å². The molecule has 0 aliphatic heterocycles. The fourth-order valence-electron chi connectivity index (χ4n) is 0.884. The van der Waals surface area contributed by atoms with E-state index in [9.17, 15) is 23.8 Å². The maximum Gasteiger partial charge on any atom is 1.00 e. The zero-order valence-electron chi connectivity index (χ0n) is 10.2. The van der Waals surface area contributed by atoms with Crippen LogP contribution in [0.2, 0.25) is 0 Å². The predicted molar refractivity (Wildman–Crippen MR) is 46.1 cm³/mol. The third-order valence-electron chi connectivity index (χ3n) is 1.67. The van der Waals surface area contributed by atoms with Gasteiger partial charge in [-0.2, -0.15) is 0 Å².